The number of carbonyl (C=O) groups is 2. The van der Waals surface area contributed by atoms with Crippen molar-refractivity contribution in [2.45, 2.75) is 20.8 Å². The molecule has 8 heteroatoms. The average molecular weight is 322 g/mol. The average Bonchev–Trinajstić information content (AvgIpc) is 2.88. The molecular formula is C15H18N2O6. The van der Waals surface area contributed by atoms with Crippen LogP contribution in [0.4, 0.5) is 5.69 Å². The Morgan fingerprint density at radius 2 is 1.74 bits per heavy atom. The van der Waals surface area contributed by atoms with Crippen LogP contribution in [0.1, 0.15) is 19.5 Å². The maximum atomic E-state index is 10.6. The van der Waals surface area contributed by atoms with Crippen molar-refractivity contribution < 1.29 is 24.0 Å². The minimum absolute atomic E-state index is 0.154. The molecule has 1 aromatic carbocycles. The number of nitro benzene ring substituents is 1. The van der Waals surface area contributed by atoms with Crippen LogP contribution in [0.3, 0.4) is 0 Å². The quantitative estimate of drug-likeness (QED) is 0.402. The van der Waals surface area contributed by atoms with E-state index in [4.69, 9.17) is 0 Å². The Morgan fingerprint density at radius 3 is 2.22 bits per heavy atom. The van der Waals surface area contributed by atoms with Gasteiger partial charge in [0.2, 0.25) is 0 Å². The van der Waals surface area contributed by atoms with Crippen LogP contribution in [0.25, 0.3) is 10.9 Å². The van der Waals surface area contributed by atoms with E-state index >= 15 is 0 Å². The van der Waals surface area contributed by atoms with Gasteiger partial charge in [0.1, 0.15) is 0 Å². The number of fused-ring (bicyclic) bond motifs is 1. The molecule has 1 aromatic heterocycles. The minimum atomic E-state index is -0.927. The summed E-state index contributed by atoms with van der Waals surface area (Å²) in [5.41, 5.74) is 1.90. The van der Waals surface area contributed by atoms with Gasteiger partial charge in [-0.3, -0.25) is 10.1 Å². The zero-order valence-electron chi connectivity index (χ0n) is 13.1. The van der Waals surface area contributed by atoms with Crippen LogP contribution in [0.15, 0.2) is 24.3 Å². The molecular weight excluding hydrogens is 304 g/mol. The molecule has 124 valence electrons. The van der Waals surface area contributed by atoms with Gasteiger partial charge in [0, 0.05) is 11.8 Å². The number of H-pyrrole nitrogens is 1. The van der Waals surface area contributed by atoms with E-state index in [0.29, 0.717) is 5.39 Å². The number of ether oxygens (including phenoxy) is 2. The Morgan fingerprint density at radius 1 is 1.17 bits per heavy atom. The molecule has 0 unspecified atom stereocenters. The number of carbonyl (C=O) groups excluding carboxylic acids is 2. The molecule has 0 aliphatic heterocycles. The Hall–Kier alpha value is -2.90. The van der Waals surface area contributed by atoms with Gasteiger partial charge in [-0.05, 0) is 32.9 Å². The van der Waals surface area contributed by atoms with Crippen molar-refractivity contribution in [3.05, 3.63) is 40.1 Å². The highest BCUT2D eigenvalue weighted by atomic mass is 16.6. The van der Waals surface area contributed by atoms with Gasteiger partial charge in [-0.1, -0.05) is 6.07 Å². The fourth-order valence-corrected chi connectivity index (χ4v) is 1.82. The molecule has 0 amide bonds. The van der Waals surface area contributed by atoms with Crippen LogP contribution in [-0.4, -0.2) is 35.1 Å². The minimum Gasteiger partial charge on any atom is -0.458 e. The molecule has 2 aromatic rings. The van der Waals surface area contributed by atoms with Crippen molar-refractivity contribution in [3.63, 3.8) is 0 Å². The number of aromatic nitrogens is 1. The van der Waals surface area contributed by atoms with E-state index in [1.165, 1.54) is 6.07 Å². The number of nitrogens with one attached hydrogen (secondary N) is 1. The lowest BCUT2D eigenvalue weighted by Crippen LogP contribution is -2.19. The molecule has 23 heavy (non-hydrogen) atoms. The first-order valence-electron chi connectivity index (χ1n) is 6.97. The second-order valence-corrected chi connectivity index (χ2v) is 4.39. The van der Waals surface area contributed by atoms with Crippen LogP contribution in [-0.2, 0) is 19.1 Å². The molecule has 0 radical (unpaired) electrons. The van der Waals surface area contributed by atoms with E-state index < -0.39 is 11.9 Å². The van der Waals surface area contributed by atoms with Gasteiger partial charge in [0.15, 0.2) is 0 Å². The van der Waals surface area contributed by atoms with Crippen molar-refractivity contribution in [1.29, 1.82) is 0 Å². The van der Waals surface area contributed by atoms with Gasteiger partial charge < -0.3 is 14.5 Å². The third-order valence-corrected chi connectivity index (χ3v) is 2.69. The number of hydrogen-bond acceptors (Lipinski definition) is 6. The van der Waals surface area contributed by atoms with Gasteiger partial charge in [0.25, 0.3) is 5.69 Å². The van der Waals surface area contributed by atoms with Gasteiger partial charge in [-0.25, -0.2) is 9.59 Å². The molecule has 1 N–H and O–H groups in total. The summed E-state index contributed by atoms with van der Waals surface area (Å²) < 4.78 is 8.69. The van der Waals surface area contributed by atoms with Gasteiger partial charge in [-0.2, -0.15) is 0 Å². The molecule has 2 rings (SSSR count). The molecule has 0 spiro atoms. The van der Waals surface area contributed by atoms with Crippen molar-refractivity contribution in [2.75, 3.05) is 13.2 Å². The lowest BCUT2D eigenvalue weighted by Gasteiger charge is -1.99. The molecule has 0 saturated heterocycles. The number of benzene rings is 1. The predicted molar refractivity (Wildman–Crippen MR) is 83.0 cm³/mol. The molecule has 0 saturated carbocycles. The molecule has 0 bridgehead atoms. The standard InChI is InChI=1S/C9H8N2O2.C6H10O4/c1-6-5-7-8(10-6)3-2-4-9(7)11(12)13;1-3-9-5(7)6(8)10-4-2/h2-5,10H,1H3;3-4H2,1-2H3. The van der Waals surface area contributed by atoms with E-state index in [0.717, 1.165) is 11.2 Å². The van der Waals surface area contributed by atoms with E-state index in [1.54, 1.807) is 26.0 Å². The molecule has 0 fully saturated rings. The lowest BCUT2D eigenvalue weighted by molar-refractivity contribution is -0.383. The van der Waals surface area contributed by atoms with E-state index in [2.05, 4.69) is 14.5 Å². The highest BCUT2D eigenvalue weighted by Crippen LogP contribution is 2.25. The summed E-state index contributed by atoms with van der Waals surface area (Å²) in [5, 5.41) is 11.3. The zero-order chi connectivity index (χ0) is 17.4. The van der Waals surface area contributed by atoms with Crippen molar-refractivity contribution in [1.82, 2.24) is 4.98 Å². The van der Waals surface area contributed by atoms with Crippen LogP contribution in [0.2, 0.25) is 0 Å². The molecule has 0 atom stereocenters. The Balaban J connectivity index is 0.000000241. The fourth-order valence-electron chi connectivity index (χ4n) is 1.82. The molecule has 0 aliphatic carbocycles. The first-order valence-corrected chi connectivity index (χ1v) is 6.97. The second kappa shape index (κ2) is 8.52. The predicted octanol–water partition coefficient (Wildman–Crippen LogP) is 2.50. The largest absolute Gasteiger partial charge is 0.458 e. The van der Waals surface area contributed by atoms with Crippen LogP contribution in [0, 0.1) is 17.0 Å². The maximum Gasteiger partial charge on any atom is 0.417 e. The van der Waals surface area contributed by atoms with Crippen molar-refractivity contribution in [2.24, 2.45) is 0 Å². The summed E-state index contributed by atoms with van der Waals surface area (Å²) in [4.78, 5) is 34.2. The fraction of sp³-hybridized carbons (Fsp3) is 0.333. The zero-order valence-corrected chi connectivity index (χ0v) is 13.1. The Bertz CT molecular complexity index is 691. The summed E-state index contributed by atoms with van der Waals surface area (Å²) in [5.74, 6) is -1.85. The molecule has 0 aliphatic rings. The van der Waals surface area contributed by atoms with Crippen LogP contribution in [0.5, 0.6) is 0 Å². The number of nitro groups is 1. The number of rotatable bonds is 3. The molecule has 8 nitrogen and oxygen atoms in total. The third kappa shape index (κ3) is 5.10. The second-order valence-electron chi connectivity index (χ2n) is 4.39. The topological polar surface area (TPSA) is 112 Å². The normalized spacial score (nSPS) is 9.70. The molecule has 1 heterocycles. The third-order valence-electron chi connectivity index (χ3n) is 2.69. The SMILES string of the molecule is CCOC(=O)C(=O)OCC.Cc1cc2c([N+](=O)[O-])cccc2[nH]1. The summed E-state index contributed by atoms with van der Waals surface area (Å²) >= 11 is 0. The Labute approximate surface area is 132 Å². The summed E-state index contributed by atoms with van der Waals surface area (Å²) in [6.45, 7) is 5.51. The number of non-ortho nitro benzene ring substituents is 1. The van der Waals surface area contributed by atoms with Gasteiger partial charge in [-0.15, -0.1) is 0 Å². The number of esters is 2. The smallest absolute Gasteiger partial charge is 0.417 e. The maximum absolute atomic E-state index is 10.6. The summed E-state index contributed by atoms with van der Waals surface area (Å²) in [6, 6.07) is 6.80. The van der Waals surface area contributed by atoms with Crippen LogP contribution >= 0.6 is 0 Å². The highest BCUT2D eigenvalue weighted by molar-refractivity contribution is 6.29. The number of aryl methyl sites for hydroxylation is 1. The first-order chi connectivity index (χ1) is 10.9. The van der Waals surface area contributed by atoms with E-state index in [1.807, 2.05) is 13.0 Å². The van der Waals surface area contributed by atoms with E-state index in [9.17, 15) is 19.7 Å². The number of nitrogens with zero attached hydrogens (tertiary/aromatic N) is 1. The Kier molecular flexibility index (Phi) is 6.72. The summed E-state index contributed by atoms with van der Waals surface area (Å²) in [7, 11) is 0. The van der Waals surface area contributed by atoms with Crippen molar-refractivity contribution >= 4 is 28.5 Å². The highest BCUT2D eigenvalue weighted by Gasteiger charge is 2.14. The first kappa shape index (κ1) is 18.1. The van der Waals surface area contributed by atoms with Crippen molar-refractivity contribution in [3.8, 4) is 0 Å². The van der Waals surface area contributed by atoms with Gasteiger partial charge >= 0.3 is 11.9 Å². The summed E-state index contributed by atoms with van der Waals surface area (Å²) in [6.07, 6.45) is 0. The van der Waals surface area contributed by atoms with Gasteiger partial charge in [0.05, 0.1) is 29.0 Å². The van der Waals surface area contributed by atoms with Crippen LogP contribution < -0.4 is 0 Å². The number of aromatic amines is 1. The number of hydrogen-bond donors (Lipinski definition) is 1. The van der Waals surface area contributed by atoms with E-state index in [-0.39, 0.29) is 23.8 Å². The monoisotopic (exact) mass is 322 g/mol. The lowest BCUT2D eigenvalue weighted by atomic mass is 10.2.